The SMILES string of the molecule is CCNC(=NCCOc1ccc(Br)cc1)N1CCC(c2cnn(C)c2)C1. The molecule has 1 atom stereocenters. The Morgan fingerprint density at radius 1 is 1.38 bits per heavy atom. The first kappa shape index (κ1) is 18.8. The summed E-state index contributed by atoms with van der Waals surface area (Å²) in [4.78, 5) is 7.07. The van der Waals surface area contributed by atoms with Crippen LogP contribution in [0.5, 0.6) is 5.75 Å². The second-order valence-corrected chi connectivity index (χ2v) is 7.33. The first-order valence-electron chi connectivity index (χ1n) is 9.06. The summed E-state index contributed by atoms with van der Waals surface area (Å²) in [5.41, 5.74) is 1.31. The van der Waals surface area contributed by atoms with Crippen LogP contribution in [0.2, 0.25) is 0 Å². The van der Waals surface area contributed by atoms with Gasteiger partial charge in [-0.25, -0.2) is 4.99 Å². The van der Waals surface area contributed by atoms with Crippen LogP contribution in [-0.2, 0) is 7.05 Å². The van der Waals surface area contributed by atoms with Gasteiger partial charge >= 0.3 is 0 Å². The number of aliphatic imine (C=N–C) groups is 1. The average Bonchev–Trinajstić information content (AvgIpc) is 3.28. The van der Waals surface area contributed by atoms with E-state index >= 15 is 0 Å². The maximum atomic E-state index is 5.76. The van der Waals surface area contributed by atoms with E-state index in [1.54, 1.807) is 0 Å². The Morgan fingerprint density at radius 3 is 2.88 bits per heavy atom. The van der Waals surface area contributed by atoms with E-state index in [0.29, 0.717) is 19.1 Å². The summed E-state index contributed by atoms with van der Waals surface area (Å²) in [6.45, 7) is 6.15. The van der Waals surface area contributed by atoms with Crippen LogP contribution in [0.25, 0.3) is 0 Å². The van der Waals surface area contributed by atoms with Gasteiger partial charge in [0.25, 0.3) is 0 Å². The second kappa shape index (κ2) is 9.07. The van der Waals surface area contributed by atoms with Crippen LogP contribution in [0.4, 0.5) is 0 Å². The Bertz CT molecular complexity index is 728. The first-order chi connectivity index (χ1) is 12.7. The molecular formula is C19H26BrN5O. The fourth-order valence-electron chi connectivity index (χ4n) is 3.15. The Labute approximate surface area is 163 Å². The molecule has 3 rings (SSSR count). The van der Waals surface area contributed by atoms with E-state index in [4.69, 9.17) is 9.73 Å². The quantitative estimate of drug-likeness (QED) is 0.444. The molecule has 1 aliphatic heterocycles. The van der Waals surface area contributed by atoms with Crippen LogP contribution in [0.15, 0.2) is 46.1 Å². The number of guanidine groups is 1. The van der Waals surface area contributed by atoms with Crippen molar-refractivity contribution in [2.75, 3.05) is 32.8 Å². The highest BCUT2D eigenvalue weighted by Gasteiger charge is 2.26. The summed E-state index contributed by atoms with van der Waals surface area (Å²) < 4.78 is 8.68. The maximum absolute atomic E-state index is 5.76. The second-order valence-electron chi connectivity index (χ2n) is 6.42. The highest BCUT2D eigenvalue weighted by atomic mass is 79.9. The van der Waals surface area contributed by atoms with Gasteiger partial charge in [0, 0.05) is 43.3 Å². The lowest BCUT2D eigenvalue weighted by molar-refractivity contribution is 0.327. The highest BCUT2D eigenvalue weighted by molar-refractivity contribution is 9.10. The van der Waals surface area contributed by atoms with E-state index in [1.165, 1.54) is 5.56 Å². The molecule has 0 aliphatic carbocycles. The molecule has 0 bridgehead atoms. The van der Waals surface area contributed by atoms with E-state index < -0.39 is 0 Å². The predicted molar refractivity (Wildman–Crippen MR) is 108 cm³/mol. The molecule has 1 N–H and O–H groups in total. The molecule has 2 aromatic rings. The zero-order chi connectivity index (χ0) is 18.4. The predicted octanol–water partition coefficient (Wildman–Crippen LogP) is 3.02. The number of rotatable bonds is 6. The van der Waals surface area contributed by atoms with Crippen LogP contribution in [0.3, 0.4) is 0 Å². The zero-order valence-corrected chi connectivity index (χ0v) is 16.9. The van der Waals surface area contributed by atoms with E-state index in [0.717, 1.165) is 42.2 Å². The molecule has 1 aromatic heterocycles. The van der Waals surface area contributed by atoms with Gasteiger partial charge in [0.15, 0.2) is 5.96 Å². The van der Waals surface area contributed by atoms with Crippen molar-refractivity contribution in [3.63, 3.8) is 0 Å². The number of halogens is 1. The molecule has 0 radical (unpaired) electrons. The number of hydrogen-bond donors (Lipinski definition) is 1. The van der Waals surface area contributed by atoms with Crippen molar-refractivity contribution < 1.29 is 4.74 Å². The lowest BCUT2D eigenvalue weighted by Gasteiger charge is -2.21. The summed E-state index contributed by atoms with van der Waals surface area (Å²) in [5, 5.41) is 7.70. The van der Waals surface area contributed by atoms with Crippen molar-refractivity contribution in [3.8, 4) is 5.75 Å². The monoisotopic (exact) mass is 419 g/mol. The van der Waals surface area contributed by atoms with E-state index in [2.05, 4.69) is 44.4 Å². The lowest BCUT2D eigenvalue weighted by atomic mass is 10.0. The number of aromatic nitrogens is 2. The van der Waals surface area contributed by atoms with E-state index in [9.17, 15) is 0 Å². The molecule has 1 unspecified atom stereocenters. The summed E-state index contributed by atoms with van der Waals surface area (Å²) in [5.74, 6) is 2.36. The minimum Gasteiger partial charge on any atom is -0.492 e. The molecular weight excluding hydrogens is 394 g/mol. The Kier molecular flexibility index (Phi) is 6.55. The Morgan fingerprint density at radius 2 is 2.19 bits per heavy atom. The van der Waals surface area contributed by atoms with Gasteiger partial charge < -0.3 is 15.0 Å². The number of ether oxygens (including phenoxy) is 1. The van der Waals surface area contributed by atoms with Crippen LogP contribution in [0, 0.1) is 0 Å². The number of likely N-dealkylation sites (tertiary alicyclic amines) is 1. The molecule has 2 heterocycles. The molecule has 7 heteroatoms. The minimum absolute atomic E-state index is 0.520. The van der Waals surface area contributed by atoms with Crippen molar-refractivity contribution in [2.24, 2.45) is 12.0 Å². The normalized spacial score (nSPS) is 17.6. The molecule has 1 fully saturated rings. The van der Waals surface area contributed by atoms with E-state index in [1.807, 2.05) is 42.2 Å². The smallest absolute Gasteiger partial charge is 0.194 e. The lowest BCUT2D eigenvalue weighted by Crippen LogP contribution is -2.40. The third kappa shape index (κ3) is 5.00. The van der Waals surface area contributed by atoms with Crippen molar-refractivity contribution in [2.45, 2.75) is 19.3 Å². The molecule has 6 nitrogen and oxygen atoms in total. The molecule has 1 aromatic carbocycles. The molecule has 1 aliphatic rings. The zero-order valence-electron chi connectivity index (χ0n) is 15.4. The number of aryl methyl sites for hydroxylation is 1. The standard InChI is InChI=1S/C19H26BrN5O/c1-3-21-19(22-9-11-26-18-6-4-17(20)5-7-18)25-10-8-15(14-25)16-12-23-24(2)13-16/h4-7,12-13,15H,3,8-11,14H2,1-2H3,(H,21,22). The van der Waals surface area contributed by atoms with Gasteiger partial charge in [-0.15, -0.1) is 0 Å². The van der Waals surface area contributed by atoms with Crippen LogP contribution < -0.4 is 10.1 Å². The maximum Gasteiger partial charge on any atom is 0.194 e. The van der Waals surface area contributed by atoms with Crippen molar-refractivity contribution >= 4 is 21.9 Å². The Hall–Kier alpha value is -2.02. The third-order valence-electron chi connectivity index (χ3n) is 4.45. The number of benzene rings is 1. The van der Waals surface area contributed by atoms with Gasteiger partial charge in [0.1, 0.15) is 12.4 Å². The van der Waals surface area contributed by atoms with Gasteiger partial charge in [-0.3, -0.25) is 4.68 Å². The van der Waals surface area contributed by atoms with Crippen molar-refractivity contribution in [3.05, 3.63) is 46.7 Å². The number of hydrogen-bond acceptors (Lipinski definition) is 3. The highest BCUT2D eigenvalue weighted by Crippen LogP contribution is 2.26. The molecule has 26 heavy (non-hydrogen) atoms. The summed E-state index contributed by atoms with van der Waals surface area (Å²) in [6.07, 6.45) is 5.22. The minimum atomic E-state index is 0.520. The summed E-state index contributed by atoms with van der Waals surface area (Å²) >= 11 is 3.43. The first-order valence-corrected chi connectivity index (χ1v) is 9.85. The third-order valence-corrected chi connectivity index (χ3v) is 4.98. The molecule has 0 amide bonds. The van der Waals surface area contributed by atoms with Crippen molar-refractivity contribution in [1.29, 1.82) is 0 Å². The molecule has 140 valence electrons. The molecule has 0 saturated carbocycles. The van der Waals surface area contributed by atoms with Gasteiger partial charge in [0.2, 0.25) is 0 Å². The largest absolute Gasteiger partial charge is 0.492 e. The van der Waals surface area contributed by atoms with Crippen LogP contribution >= 0.6 is 15.9 Å². The van der Waals surface area contributed by atoms with Gasteiger partial charge in [-0.05, 0) is 43.2 Å². The van der Waals surface area contributed by atoms with Gasteiger partial charge in [0.05, 0.1) is 12.7 Å². The van der Waals surface area contributed by atoms with Gasteiger partial charge in [-0.2, -0.15) is 5.10 Å². The van der Waals surface area contributed by atoms with E-state index in [-0.39, 0.29) is 0 Å². The van der Waals surface area contributed by atoms with Crippen molar-refractivity contribution in [1.82, 2.24) is 20.0 Å². The molecule has 1 saturated heterocycles. The topological polar surface area (TPSA) is 54.7 Å². The average molecular weight is 420 g/mol. The summed E-state index contributed by atoms with van der Waals surface area (Å²) in [6, 6.07) is 7.87. The Balaban J connectivity index is 1.53. The van der Waals surface area contributed by atoms with Gasteiger partial charge in [-0.1, -0.05) is 15.9 Å². The summed E-state index contributed by atoms with van der Waals surface area (Å²) in [7, 11) is 1.97. The molecule has 0 spiro atoms. The fraction of sp³-hybridized carbons (Fsp3) is 0.474. The van der Waals surface area contributed by atoms with Crippen LogP contribution in [-0.4, -0.2) is 53.4 Å². The van der Waals surface area contributed by atoms with Crippen LogP contribution in [0.1, 0.15) is 24.8 Å². The number of nitrogens with zero attached hydrogens (tertiary/aromatic N) is 4. The fourth-order valence-corrected chi connectivity index (χ4v) is 3.41. The number of nitrogens with one attached hydrogen (secondary N) is 1.